The average Bonchev–Trinajstić information content (AvgIpc) is 3.13. The number of amides is 1. The summed E-state index contributed by atoms with van der Waals surface area (Å²) in [5.41, 5.74) is 1.63. The Balaban J connectivity index is 2.29. The zero-order valence-corrected chi connectivity index (χ0v) is 15.3. The van der Waals surface area contributed by atoms with Crippen molar-refractivity contribution >= 4 is 17.2 Å². The third kappa shape index (κ3) is 4.49. The lowest BCUT2D eigenvalue weighted by molar-refractivity contribution is 0.0542. The van der Waals surface area contributed by atoms with Crippen LogP contribution in [0, 0.1) is 0 Å². The van der Waals surface area contributed by atoms with E-state index >= 15 is 0 Å². The van der Waals surface area contributed by atoms with Crippen molar-refractivity contribution in [2.24, 2.45) is 0 Å². The Hall–Kier alpha value is -2.05. The molecule has 0 aliphatic rings. The number of rotatable bonds is 8. The van der Waals surface area contributed by atoms with Crippen LogP contribution in [0.1, 0.15) is 22.8 Å². The van der Waals surface area contributed by atoms with Crippen LogP contribution in [0.25, 0.3) is 0 Å². The molecule has 0 bridgehead atoms. The summed E-state index contributed by atoms with van der Waals surface area (Å²) in [5, 5.41) is 3.77. The van der Waals surface area contributed by atoms with Gasteiger partial charge in [0.05, 0.1) is 32.4 Å². The Morgan fingerprint density at radius 1 is 1.17 bits per heavy atom. The second-order valence-corrected chi connectivity index (χ2v) is 6.25. The number of ether oxygens (including phenoxy) is 3. The molecular formula is C18H23NO4S. The van der Waals surface area contributed by atoms with Crippen LogP contribution in [-0.4, -0.2) is 44.8 Å². The number of thiophene rings is 1. The zero-order valence-electron chi connectivity index (χ0n) is 14.4. The van der Waals surface area contributed by atoms with Gasteiger partial charge in [-0.15, -0.1) is 0 Å². The second kappa shape index (κ2) is 8.70. The smallest absolute Gasteiger partial charge is 0.255 e. The summed E-state index contributed by atoms with van der Waals surface area (Å²) in [7, 11) is 4.86. The van der Waals surface area contributed by atoms with Gasteiger partial charge in [0, 0.05) is 25.1 Å². The van der Waals surface area contributed by atoms with E-state index in [1.54, 1.807) is 26.2 Å². The zero-order chi connectivity index (χ0) is 17.5. The van der Waals surface area contributed by atoms with E-state index in [2.05, 4.69) is 0 Å². The van der Waals surface area contributed by atoms with Crippen LogP contribution in [0.4, 0.5) is 0 Å². The molecular weight excluding hydrogens is 326 g/mol. The number of hydrogen-bond donors (Lipinski definition) is 0. The van der Waals surface area contributed by atoms with Crippen molar-refractivity contribution in [1.82, 2.24) is 4.90 Å². The number of carbonyl (C=O) groups excluding carboxylic acids is 1. The highest BCUT2D eigenvalue weighted by Gasteiger charge is 2.22. The SMILES string of the molecule is COCC(C)N(Cc1cc(OC)cc(OC)c1)C(=O)c1ccsc1. The third-order valence-electron chi connectivity index (χ3n) is 3.73. The first-order valence-corrected chi connectivity index (χ1v) is 8.57. The fourth-order valence-electron chi connectivity index (χ4n) is 2.47. The van der Waals surface area contributed by atoms with Gasteiger partial charge in [0.25, 0.3) is 5.91 Å². The maximum absolute atomic E-state index is 12.9. The Labute approximate surface area is 146 Å². The molecule has 0 radical (unpaired) electrons. The highest BCUT2D eigenvalue weighted by atomic mass is 32.1. The van der Waals surface area contributed by atoms with Crippen molar-refractivity contribution in [3.63, 3.8) is 0 Å². The third-order valence-corrected chi connectivity index (χ3v) is 4.42. The molecule has 0 spiro atoms. The van der Waals surface area contributed by atoms with Gasteiger partial charge in [0.1, 0.15) is 11.5 Å². The highest BCUT2D eigenvalue weighted by Crippen LogP contribution is 2.25. The van der Waals surface area contributed by atoms with Gasteiger partial charge in [-0.25, -0.2) is 0 Å². The lowest BCUT2D eigenvalue weighted by Crippen LogP contribution is -2.40. The van der Waals surface area contributed by atoms with E-state index in [9.17, 15) is 4.79 Å². The van der Waals surface area contributed by atoms with Crippen LogP contribution in [0.2, 0.25) is 0 Å². The minimum atomic E-state index is -0.0559. The first kappa shape index (κ1) is 18.3. The maximum Gasteiger partial charge on any atom is 0.255 e. The number of benzene rings is 1. The summed E-state index contributed by atoms with van der Waals surface area (Å²) in [4.78, 5) is 14.7. The summed E-state index contributed by atoms with van der Waals surface area (Å²) in [5.74, 6) is 1.39. The van der Waals surface area contributed by atoms with E-state index in [4.69, 9.17) is 14.2 Å². The number of carbonyl (C=O) groups is 1. The van der Waals surface area contributed by atoms with Crippen molar-refractivity contribution in [2.45, 2.75) is 19.5 Å². The van der Waals surface area contributed by atoms with Crippen LogP contribution < -0.4 is 9.47 Å². The van der Waals surface area contributed by atoms with Crippen molar-refractivity contribution < 1.29 is 19.0 Å². The van der Waals surface area contributed by atoms with Gasteiger partial charge in [-0.3, -0.25) is 4.79 Å². The summed E-state index contributed by atoms with van der Waals surface area (Å²) in [6, 6.07) is 7.42. The fraction of sp³-hybridized carbons (Fsp3) is 0.389. The number of nitrogens with zero attached hydrogens (tertiary/aromatic N) is 1. The van der Waals surface area contributed by atoms with Gasteiger partial charge in [0.15, 0.2) is 0 Å². The van der Waals surface area contributed by atoms with Crippen LogP contribution in [0.3, 0.4) is 0 Å². The Morgan fingerprint density at radius 2 is 1.83 bits per heavy atom. The Bertz CT molecular complexity index is 635. The molecule has 5 nitrogen and oxygen atoms in total. The average molecular weight is 349 g/mol. The second-order valence-electron chi connectivity index (χ2n) is 5.47. The lowest BCUT2D eigenvalue weighted by Gasteiger charge is -2.29. The molecule has 2 aromatic rings. The van der Waals surface area contributed by atoms with E-state index in [0.29, 0.717) is 30.2 Å². The maximum atomic E-state index is 12.9. The first-order chi connectivity index (χ1) is 11.6. The quantitative estimate of drug-likeness (QED) is 0.732. The molecule has 0 fully saturated rings. The highest BCUT2D eigenvalue weighted by molar-refractivity contribution is 7.08. The summed E-state index contributed by atoms with van der Waals surface area (Å²) < 4.78 is 15.9. The van der Waals surface area contributed by atoms with Crippen molar-refractivity contribution in [1.29, 1.82) is 0 Å². The summed E-state index contributed by atoms with van der Waals surface area (Å²) >= 11 is 1.51. The largest absolute Gasteiger partial charge is 0.497 e. The molecule has 24 heavy (non-hydrogen) atoms. The molecule has 130 valence electrons. The molecule has 1 aromatic heterocycles. The van der Waals surface area contributed by atoms with Crippen LogP contribution >= 0.6 is 11.3 Å². The molecule has 2 rings (SSSR count). The van der Waals surface area contributed by atoms with E-state index in [1.165, 1.54) is 11.3 Å². The van der Waals surface area contributed by atoms with Crippen molar-refractivity contribution in [3.8, 4) is 11.5 Å². The predicted octanol–water partition coefficient (Wildman–Crippen LogP) is 3.44. The fourth-order valence-corrected chi connectivity index (χ4v) is 3.10. The summed E-state index contributed by atoms with van der Waals surface area (Å²) in [6.07, 6.45) is 0. The Morgan fingerprint density at radius 3 is 2.33 bits per heavy atom. The van der Waals surface area contributed by atoms with Crippen molar-refractivity contribution in [2.75, 3.05) is 27.9 Å². The monoisotopic (exact) mass is 349 g/mol. The standard InChI is InChI=1S/C18H23NO4S/c1-13(11-21-2)19(18(20)15-5-6-24-12-15)10-14-7-16(22-3)9-17(8-14)23-4/h5-9,12-13H,10-11H2,1-4H3. The van der Waals surface area contributed by atoms with Gasteiger partial charge >= 0.3 is 0 Å². The topological polar surface area (TPSA) is 48.0 Å². The van der Waals surface area contributed by atoms with Crippen LogP contribution in [0.5, 0.6) is 11.5 Å². The van der Waals surface area contributed by atoms with Crippen LogP contribution in [0.15, 0.2) is 35.0 Å². The molecule has 0 saturated carbocycles. The van der Waals surface area contributed by atoms with Crippen LogP contribution in [-0.2, 0) is 11.3 Å². The van der Waals surface area contributed by atoms with Gasteiger partial charge in [-0.05, 0) is 36.1 Å². The molecule has 0 aliphatic carbocycles. The number of methoxy groups -OCH3 is 3. The van der Waals surface area contributed by atoms with E-state index in [1.807, 2.05) is 41.9 Å². The van der Waals surface area contributed by atoms with E-state index < -0.39 is 0 Å². The molecule has 6 heteroatoms. The molecule has 1 heterocycles. The Kier molecular flexibility index (Phi) is 6.63. The predicted molar refractivity (Wildman–Crippen MR) is 95.1 cm³/mol. The summed E-state index contributed by atoms with van der Waals surface area (Å²) in [6.45, 7) is 2.90. The lowest BCUT2D eigenvalue weighted by atomic mass is 10.1. The number of hydrogen-bond acceptors (Lipinski definition) is 5. The minimum absolute atomic E-state index is 0.0115. The molecule has 1 amide bonds. The van der Waals surface area contributed by atoms with E-state index in [-0.39, 0.29) is 11.9 Å². The molecule has 1 aromatic carbocycles. The van der Waals surface area contributed by atoms with Gasteiger partial charge in [-0.2, -0.15) is 11.3 Å². The molecule has 0 aliphatic heterocycles. The van der Waals surface area contributed by atoms with Gasteiger partial charge in [-0.1, -0.05) is 0 Å². The minimum Gasteiger partial charge on any atom is -0.497 e. The molecule has 1 atom stereocenters. The normalized spacial score (nSPS) is 11.8. The molecule has 0 N–H and O–H groups in total. The van der Waals surface area contributed by atoms with Gasteiger partial charge in [0.2, 0.25) is 0 Å². The first-order valence-electron chi connectivity index (χ1n) is 7.63. The molecule has 1 unspecified atom stereocenters. The van der Waals surface area contributed by atoms with E-state index in [0.717, 1.165) is 5.56 Å². The van der Waals surface area contributed by atoms with Crippen molar-refractivity contribution in [3.05, 3.63) is 46.2 Å². The molecule has 0 saturated heterocycles. The van der Waals surface area contributed by atoms with Gasteiger partial charge < -0.3 is 19.1 Å².